The molecule has 3 amide bonds. The quantitative estimate of drug-likeness (QED) is 0.500. The number of para-hydroxylation sites is 1. The molecule has 0 aromatic heterocycles. The number of hydrogen-bond acceptors (Lipinski definition) is 4. The zero-order valence-corrected chi connectivity index (χ0v) is 10.7. The van der Waals surface area contributed by atoms with Crippen LogP contribution in [0.4, 0.5) is 10.5 Å². The fourth-order valence-electron chi connectivity index (χ4n) is 2.15. The van der Waals surface area contributed by atoms with Crippen molar-refractivity contribution in [3.8, 4) is 0 Å². The first-order chi connectivity index (χ1) is 9.36. The Bertz CT molecular complexity index is 561. The van der Waals surface area contributed by atoms with E-state index in [1.54, 1.807) is 18.2 Å². The minimum Gasteiger partial charge on any atom is -0.474 e. The van der Waals surface area contributed by atoms with E-state index in [0.29, 0.717) is 0 Å². The van der Waals surface area contributed by atoms with E-state index in [0.717, 1.165) is 5.01 Å². The zero-order chi connectivity index (χ0) is 14.9. The molecule has 1 aromatic carbocycles. The number of carboxylic acid groups (broad SMARTS) is 1. The summed E-state index contributed by atoms with van der Waals surface area (Å²) in [6.45, 7) is -0.146. The summed E-state index contributed by atoms with van der Waals surface area (Å²) in [6.07, 6.45) is -1.14. The SMILES string of the molecule is C[N+]1(N(C(=O)C(=O)O)c2ccccc2)CC(O)NC1=O. The summed E-state index contributed by atoms with van der Waals surface area (Å²) in [4.78, 5) is 34.9. The number of nitrogens with one attached hydrogen (secondary N) is 1. The van der Waals surface area contributed by atoms with Crippen LogP contribution in [0.25, 0.3) is 0 Å². The topological polar surface area (TPSA) is 107 Å². The molecule has 0 radical (unpaired) electrons. The monoisotopic (exact) mass is 280 g/mol. The van der Waals surface area contributed by atoms with Gasteiger partial charge in [0.15, 0.2) is 12.8 Å². The summed E-state index contributed by atoms with van der Waals surface area (Å²) in [6, 6.07) is 7.31. The van der Waals surface area contributed by atoms with Crippen molar-refractivity contribution in [3.63, 3.8) is 0 Å². The molecular formula is C12H14N3O5+. The molecule has 2 unspecified atom stereocenters. The highest BCUT2D eigenvalue weighted by Crippen LogP contribution is 2.25. The van der Waals surface area contributed by atoms with Crippen LogP contribution < -0.4 is 10.3 Å². The summed E-state index contributed by atoms with van der Waals surface area (Å²) in [5, 5.41) is 21.6. The predicted molar refractivity (Wildman–Crippen MR) is 67.2 cm³/mol. The van der Waals surface area contributed by atoms with Crippen molar-refractivity contribution in [1.29, 1.82) is 0 Å². The summed E-state index contributed by atoms with van der Waals surface area (Å²) >= 11 is 0. The number of aliphatic carboxylic acids is 1. The van der Waals surface area contributed by atoms with Crippen molar-refractivity contribution in [3.05, 3.63) is 30.3 Å². The number of aliphatic hydroxyl groups is 1. The van der Waals surface area contributed by atoms with Gasteiger partial charge in [0.25, 0.3) is 0 Å². The van der Waals surface area contributed by atoms with Crippen LogP contribution in [0.1, 0.15) is 0 Å². The van der Waals surface area contributed by atoms with Gasteiger partial charge in [-0.2, -0.15) is 0 Å². The molecule has 8 nitrogen and oxygen atoms in total. The van der Waals surface area contributed by atoms with Crippen molar-refractivity contribution in [2.24, 2.45) is 0 Å². The number of carbonyl (C=O) groups excluding carboxylic acids is 2. The molecule has 1 aliphatic heterocycles. The van der Waals surface area contributed by atoms with Crippen molar-refractivity contribution < 1.29 is 29.2 Å². The molecule has 20 heavy (non-hydrogen) atoms. The number of benzene rings is 1. The van der Waals surface area contributed by atoms with Crippen molar-refractivity contribution >= 4 is 23.6 Å². The molecule has 8 heteroatoms. The van der Waals surface area contributed by atoms with Crippen LogP contribution >= 0.6 is 0 Å². The van der Waals surface area contributed by atoms with Gasteiger partial charge in [-0.3, -0.25) is 10.1 Å². The van der Waals surface area contributed by atoms with Crippen LogP contribution in [0.15, 0.2) is 30.3 Å². The van der Waals surface area contributed by atoms with Gasteiger partial charge in [-0.15, -0.1) is 9.60 Å². The van der Waals surface area contributed by atoms with Crippen LogP contribution in [0.2, 0.25) is 0 Å². The largest absolute Gasteiger partial charge is 0.474 e. The van der Waals surface area contributed by atoms with Crippen LogP contribution in [-0.2, 0) is 9.59 Å². The number of aliphatic hydroxyl groups excluding tert-OH is 1. The molecule has 1 aromatic rings. The average molecular weight is 280 g/mol. The molecule has 0 bridgehead atoms. The first kappa shape index (κ1) is 14.0. The Morgan fingerprint density at radius 1 is 1.35 bits per heavy atom. The highest BCUT2D eigenvalue weighted by molar-refractivity contribution is 6.36. The molecule has 0 spiro atoms. The Morgan fingerprint density at radius 2 is 1.95 bits per heavy atom. The molecule has 106 valence electrons. The first-order valence-electron chi connectivity index (χ1n) is 5.84. The third-order valence-corrected chi connectivity index (χ3v) is 3.07. The number of carbonyl (C=O) groups is 3. The van der Waals surface area contributed by atoms with Gasteiger partial charge in [-0.05, 0) is 12.1 Å². The van der Waals surface area contributed by atoms with Crippen LogP contribution in [-0.4, -0.2) is 52.5 Å². The lowest BCUT2D eigenvalue weighted by molar-refractivity contribution is -0.824. The fraction of sp³-hybridized carbons (Fsp3) is 0.250. The van der Waals surface area contributed by atoms with E-state index >= 15 is 0 Å². The summed E-state index contributed by atoms with van der Waals surface area (Å²) in [7, 11) is 1.36. The molecule has 2 rings (SSSR count). The predicted octanol–water partition coefficient (Wildman–Crippen LogP) is -0.493. The summed E-state index contributed by atoms with van der Waals surface area (Å²) in [5.41, 5.74) is 0.256. The lowest BCUT2D eigenvalue weighted by Gasteiger charge is -2.34. The third-order valence-electron chi connectivity index (χ3n) is 3.07. The standard InChI is InChI=1S/C12H13N3O5/c1-15(7-9(16)13-12(15)20)14(10(17)11(18)19)8-5-3-2-4-6-8/h2-6,9,16H,7H2,1H3,(H-,13,18,19,20)/p+1. The number of quaternary nitrogens is 1. The number of nitrogens with zero attached hydrogens (tertiary/aromatic N) is 2. The molecular weight excluding hydrogens is 266 g/mol. The minimum atomic E-state index is -1.68. The second-order valence-electron chi connectivity index (χ2n) is 4.54. The van der Waals surface area contributed by atoms with Gasteiger partial charge < -0.3 is 10.2 Å². The molecule has 1 fully saturated rings. The lowest BCUT2D eigenvalue weighted by atomic mass is 10.3. The summed E-state index contributed by atoms with van der Waals surface area (Å²) in [5.74, 6) is -2.93. The third kappa shape index (κ3) is 2.22. The van der Waals surface area contributed by atoms with Crippen LogP contribution in [0.5, 0.6) is 0 Å². The number of anilines is 1. The maximum Gasteiger partial charge on any atom is 0.443 e. The Morgan fingerprint density at radius 3 is 2.40 bits per heavy atom. The van der Waals surface area contributed by atoms with Crippen molar-refractivity contribution in [2.75, 3.05) is 18.6 Å². The van der Waals surface area contributed by atoms with Crippen LogP contribution in [0, 0.1) is 0 Å². The first-order valence-corrected chi connectivity index (χ1v) is 5.84. The van der Waals surface area contributed by atoms with Gasteiger partial charge in [-0.1, -0.05) is 18.2 Å². The van der Waals surface area contributed by atoms with Gasteiger partial charge in [0, 0.05) is 0 Å². The number of amides is 3. The van der Waals surface area contributed by atoms with E-state index in [2.05, 4.69) is 5.32 Å². The van der Waals surface area contributed by atoms with Gasteiger partial charge in [0.1, 0.15) is 7.05 Å². The minimum absolute atomic E-state index is 0.146. The fourth-order valence-corrected chi connectivity index (χ4v) is 2.15. The maximum absolute atomic E-state index is 12.0. The normalized spacial score (nSPS) is 25.1. The van der Waals surface area contributed by atoms with Crippen molar-refractivity contribution in [1.82, 2.24) is 5.32 Å². The van der Waals surface area contributed by atoms with E-state index in [1.165, 1.54) is 19.2 Å². The summed E-state index contributed by atoms with van der Waals surface area (Å²) < 4.78 is -0.684. The number of urea groups is 1. The number of likely N-dealkylation sites (N-methyl/N-ethyl adjacent to an activating group) is 1. The smallest absolute Gasteiger partial charge is 0.443 e. The van der Waals surface area contributed by atoms with E-state index in [9.17, 15) is 19.5 Å². The highest BCUT2D eigenvalue weighted by Gasteiger charge is 2.52. The van der Waals surface area contributed by atoms with E-state index in [-0.39, 0.29) is 12.2 Å². The molecule has 0 saturated carbocycles. The number of hydrogen-bond donors (Lipinski definition) is 3. The zero-order valence-electron chi connectivity index (χ0n) is 10.7. The number of carboxylic acids is 1. The lowest BCUT2D eigenvalue weighted by Crippen LogP contribution is -2.63. The van der Waals surface area contributed by atoms with Gasteiger partial charge in [0.05, 0.1) is 5.69 Å². The second-order valence-corrected chi connectivity index (χ2v) is 4.54. The average Bonchev–Trinajstić information content (AvgIpc) is 2.64. The Hall–Kier alpha value is -2.45. The highest BCUT2D eigenvalue weighted by atomic mass is 16.4. The molecule has 2 atom stereocenters. The molecule has 3 N–H and O–H groups in total. The Balaban J connectivity index is 2.50. The Labute approximate surface area is 114 Å². The maximum atomic E-state index is 12.0. The number of rotatable bonds is 2. The molecule has 1 aliphatic rings. The molecule has 1 heterocycles. The van der Waals surface area contributed by atoms with E-state index < -0.39 is 28.7 Å². The second kappa shape index (κ2) is 4.91. The molecule has 1 saturated heterocycles. The van der Waals surface area contributed by atoms with Gasteiger partial charge in [0.2, 0.25) is 0 Å². The van der Waals surface area contributed by atoms with Gasteiger partial charge in [-0.25, -0.2) is 9.59 Å². The van der Waals surface area contributed by atoms with Crippen molar-refractivity contribution in [2.45, 2.75) is 6.23 Å². The van der Waals surface area contributed by atoms with E-state index in [4.69, 9.17) is 5.11 Å². The van der Waals surface area contributed by atoms with Gasteiger partial charge >= 0.3 is 17.9 Å². The molecule has 0 aliphatic carbocycles. The Kier molecular flexibility index (Phi) is 3.43. The van der Waals surface area contributed by atoms with Crippen LogP contribution in [0.3, 0.4) is 0 Å². The van der Waals surface area contributed by atoms with E-state index in [1.807, 2.05) is 0 Å².